The Labute approximate surface area is 107 Å². The highest BCUT2D eigenvalue weighted by molar-refractivity contribution is 7.10. The van der Waals surface area contributed by atoms with Crippen molar-refractivity contribution in [2.75, 3.05) is 6.54 Å². The molecule has 1 amide bonds. The van der Waals surface area contributed by atoms with E-state index in [1.807, 2.05) is 0 Å². The lowest BCUT2D eigenvalue weighted by Crippen LogP contribution is -2.47. The molecule has 2 unspecified atom stereocenters. The fourth-order valence-corrected chi connectivity index (χ4v) is 3.16. The Morgan fingerprint density at radius 3 is 2.88 bits per heavy atom. The van der Waals surface area contributed by atoms with Gasteiger partial charge in [-0.1, -0.05) is 19.9 Å². The monoisotopic (exact) mass is 252 g/mol. The van der Waals surface area contributed by atoms with Crippen molar-refractivity contribution in [2.45, 2.75) is 38.8 Å². The van der Waals surface area contributed by atoms with Gasteiger partial charge >= 0.3 is 0 Å². The Hall–Kier alpha value is -0.870. The normalized spacial score (nSPS) is 22.5. The van der Waals surface area contributed by atoms with E-state index in [0.29, 0.717) is 24.4 Å². The van der Waals surface area contributed by atoms with Gasteiger partial charge < -0.3 is 10.6 Å². The zero-order chi connectivity index (χ0) is 12.3. The molecule has 0 aromatic carbocycles. The zero-order valence-corrected chi connectivity index (χ0v) is 11.2. The van der Waals surface area contributed by atoms with Crippen LogP contribution in [0.1, 0.15) is 37.6 Å². The Balaban J connectivity index is 1.96. The van der Waals surface area contributed by atoms with Crippen molar-refractivity contribution in [2.24, 2.45) is 5.92 Å². The Bertz CT molecular complexity index is 352. The number of nitrogens with one attached hydrogen (secondary N) is 2. The van der Waals surface area contributed by atoms with Crippen molar-refractivity contribution in [3.8, 4) is 0 Å². The van der Waals surface area contributed by atoms with Crippen LogP contribution in [0.25, 0.3) is 0 Å². The lowest BCUT2D eigenvalue weighted by atomic mass is 9.99. The van der Waals surface area contributed by atoms with Crippen molar-refractivity contribution in [1.82, 2.24) is 10.6 Å². The first kappa shape index (κ1) is 12.6. The van der Waals surface area contributed by atoms with Crippen LogP contribution in [-0.4, -0.2) is 18.5 Å². The molecule has 1 fully saturated rings. The van der Waals surface area contributed by atoms with Crippen molar-refractivity contribution in [1.29, 1.82) is 0 Å². The first-order chi connectivity index (χ1) is 8.16. The number of thiophene rings is 1. The maximum absolute atomic E-state index is 11.1. The fourth-order valence-electron chi connectivity index (χ4n) is 2.20. The van der Waals surface area contributed by atoms with Gasteiger partial charge in [0.25, 0.3) is 0 Å². The molecule has 2 heterocycles. The van der Waals surface area contributed by atoms with Gasteiger partial charge in [0.2, 0.25) is 5.91 Å². The molecule has 0 bridgehead atoms. The Kier molecular flexibility index (Phi) is 4.18. The van der Waals surface area contributed by atoms with Gasteiger partial charge in [-0.3, -0.25) is 4.79 Å². The quantitative estimate of drug-likeness (QED) is 0.863. The number of rotatable bonds is 4. The van der Waals surface area contributed by atoms with Gasteiger partial charge in [-0.25, -0.2) is 0 Å². The van der Waals surface area contributed by atoms with Crippen LogP contribution in [-0.2, 0) is 4.79 Å². The number of carbonyl (C=O) groups is 1. The molecule has 2 rings (SSSR count). The summed E-state index contributed by atoms with van der Waals surface area (Å²) in [6.07, 6.45) is 1.59. The summed E-state index contributed by atoms with van der Waals surface area (Å²) in [6.45, 7) is 5.23. The van der Waals surface area contributed by atoms with Gasteiger partial charge in [-0.05, 0) is 23.8 Å². The van der Waals surface area contributed by atoms with Crippen LogP contribution in [0, 0.1) is 5.92 Å². The van der Waals surface area contributed by atoms with Crippen molar-refractivity contribution in [3.63, 3.8) is 0 Å². The van der Waals surface area contributed by atoms with Gasteiger partial charge in [0, 0.05) is 29.9 Å². The molecule has 1 saturated heterocycles. The molecule has 0 aliphatic carbocycles. The van der Waals surface area contributed by atoms with E-state index in [-0.39, 0.29) is 5.91 Å². The summed E-state index contributed by atoms with van der Waals surface area (Å²) in [6, 6.07) is 5.08. The molecule has 1 aromatic heterocycles. The van der Waals surface area contributed by atoms with E-state index in [9.17, 15) is 4.79 Å². The molecule has 1 aliphatic heterocycles. The predicted octanol–water partition coefficient (Wildman–Crippen LogP) is 2.31. The van der Waals surface area contributed by atoms with Crippen LogP contribution in [0.3, 0.4) is 0 Å². The lowest BCUT2D eigenvalue weighted by Gasteiger charge is -2.30. The van der Waals surface area contributed by atoms with E-state index in [1.54, 1.807) is 11.3 Å². The molecule has 0 spiro atoms. The van der Waals surface area contributed by atoms with Gasteiger partial charge in [0.1, 0.15) is 0 Å². The van der Waals surface area contributed by atoms with Crippen LogP contribution in [0.4, 0.5) is 0 Å². The molecule has 2 atom stereocenters. The minimum atomic E-state index is 0.181. The summed E-state index contributed by atoms with van der Waals surface area (Å²) in [5.41, 5.74) is 0. The number of hydrogen-bond acceptors (Lipinski definition) is 3. The van der Waals surface area contributed by atoms with Gasteiger partial charge in [-0.15, -0.1) is 11.3 Å². The summed E-state index contributed by atoms with van der Waals surface area (Å²) in [7, 11) is 0. The van der Waals surface area contributed by atoms with Crippen molar-refractivity contribution in [3.05, 3.63) is 22.4 Å². The molecule has 0 radical (unpaired) electrons. The highest BCUT2D eigenvalue weighted by atomic mass is 32.1. The lowest BCUT2D eigenvalue weighted by molar-refractivity contribution is -0.122. The highest BCUT2D eigenvalue weighted by Crippen LogP contribution is 2.26. The van der Waals surface area contributed by atoms with Gasteiger partial charge in [-0.2, -0.15) is 0 Å². The van der Waals surface area contributed by atoms with E-state index in [2.05, 4.69) is 42.0 Å². The summed E-state index contributed by atoms with van der Waals surface area (Å²) in [4.78, 5) is 12.5. The third kappa shape index (κ3) is 3.30. The van der Waals surface area contributed by atoms with Crippen LogP contribution in [0.5, 0.6) is 0 Å². The average Bonchev–Trinajstić information content (AvgIpc) is 2.81. The predicted molar refractivity (Wildman–Crippen MR) is 71.1 cm³/mol. The van der Waals surface area contributed by atoms with Gasteiger partial charge in [0.15, 0.2) is 0 Å². The van der Waals surface area contributed by atoms with Crippen LogP contribution < -0.4 is 10.6 Å². The second kappa shape index (κ2) is 5.65. The molecule has 17 heavy (non-hydrogen) atoms. The van der Waals surface area contributed by atoms with Crippen molar-refractivity contribution >= 4 is 17.2 Å². The second-order valence-electron chi connectivity index (χ2n) is 4.94. The smallest absolute Gasteiger partial charge is 0.220 e. The third-order valence-corrected chi connectivity index (χ3v) is 4.15. The molecule has 4 heteroatoms. The first-order valence-corrected chi connectivity index (χ1v) is 7.11. The molecule has 94 valence electrons. The number of hydrogen-bond donors (Lipinski definition) is 2. The minimum absolute atomic E-state index is 0.181. The molecule has 1 aliphatic rings. The number of piperidine rings is 1. The molecule has 1 aromatic rings. The second-order valence-corrected chi connectivity index (χ2v) is 5.92. The Morgan fingerprint density at radius 2 is 2.35 bits per heavy atom. The zero-order valence-electron chi connectivity index (χ0n) is 10.4. The van der Waals surface area contributed by atoms with Crippen LogP contribution in [0.15, 0.2) is 17.5 Å². The fraction of sp³-hybridized carbons (Fsp3) is 0.615. The number of amides is 1. The summed E-state index contributed by atoms with van der Waals surface area (Å²) in [5.74, 6) is 0.742. The van der Waals surface area contributed by atoms with E-state index in [0.717, 1.165) is 13.0 Å². The maximum atomic E-state index is 11.1. The summed E-state index contributed by atoms with van der Waals surface area (Å²) in [5, 5.41) is 8.72. The Morgan fingerprint density at radius 1 is 1.53 bits per heavy atom. The maximum Gasteiger partial charge on any atom is 0.220 e. The topological polar surface area (TPSA) is 41.1 Å². The summed E-state index contributed by atoms with van der Waals surface area (Å²) >= 11 is 1.80. The molecule has 3 nitrogen and oxygen atoms in total. The minimum Gasteiger partial charge on any atom is -0.355 e. The number of carbonyl (C=O) groups excluding carboxylic acids is 1. The van der Waals surface area contributed by atoms with E-state index in [1.165, 1.54) is 4.88 Å². The largest absolute Gasteiger partial charge is 0.355 e. The van der Waals surface area contributed by atoms with E-state index in [4.69, 9.17) is 0 Å². The van der Waals surface area contributed by atoms with E-state index < -0.39 is 0 Å². The SMILES string of the molecule is CC(C)C(NC1CCC(=O)NC1)c1cccs1. The summed E-state index contributed by atoms with van der Waals surface area (Å²) < 4.78 is 0. The molecule has 2 N–H and O–H groups in total. The first-order valence-electron chi connectivity index (χ1n) is 6.23. The van der Waals surface area contributed by atoms with E-state index >= 15 is 0 Å². The van der Waals surface area contributed by atoms with Crippen LogP contribution in [0.2, 0.25) is 0 Å². The van der Waals surface area contributed by atoms with Crippen LogP contribution >= 0.6 is 11.3 Å². The standard InChI is InChI=1S/C13H20N2OS/c1-9(2)13(11-4-3-7-17-11)15-10-5-6-12(16)14-8-10/h3-4,7,9-10,13,15H,5-6,8H2,1-2H3,(H,14,16). The van der Waals surface area contributed by atoms with Gasteiger partial charge in [0.05, 0.1) is 0 Å². The average molecular weight is 252 g/mol. The highest BCUT2D eigenvalue weighted by Gasteiger charge is 2.23. The molecule has 0 saturated carbocycles. The molecular formula is C13H20N2OS. The third-order valence-electron chi connectivity index (χ3n) is 3.20. The molecular weight excluding hydrogens is 232 g/mol. The van der Waals surface area contributed by atoms with Crippen molar-refractivity contribution < 1.29 is 4.79 Å².